The maximum absolute atomic E-state index is 12.9. The number of aromatic nitrogens is 2. The monoisotopic (exact) mass is 386 g/mol. The van der Waals surface area contributed by atoms with E-state index in [1.54, 1.807) is 11.9 Å². The van der Waals surface area contributed by atoms with Crippen LogP contribution < -0.4 is 9.80 Å². The highest BCUT2D eigenvalue weighted by molar-refractivity contribution is 6.04. The zero-order valence-corrected chi connectivity index (χ0v) is 16.7. The molecule has 1 saturated heterocycles. The van der Waals surface area contributed by atoms with E-state index < -0.39 is 0 Å². The zero-order chi connectivity index (χ0) is 20.1. The van der Waals surface area contributed by atoms with E-state index in [4.69, 9.17) is 0 Å². The molecule has 29 heavy (non-hydrogen) atoms. The second-order valence-corrected chi connectivity index (χ2v) is 7.58. The van der Waals surface area contributed by atoms with Crippen molar-refractivity contribution in [1.29, 1.82) is 0 Å². The number of anilines is 2. The highest BCUT2D eigenvalue weighted by Gasteiger charge is 2.22. The van der Waals surface area contributed by atoms with Crippen LogP contribution in [0, 0.1) is 5.92 Å². The molecule has 4 rings (SSSR count). The van der Waals surface area contributed by atoms with Crippen LogP contribution in [0.2, 0.25) is 0 Å². The zero-order valence-electron chi connectivity index (χ0n) is 16.7. The Hall–Kier alpha value is -3.21. The van der Waals surface area contributed by atoms with Gasteiger partial charge in [-0.3, -0.25) is 4.79 Å². The van der Waals surface area contributed by atoms with Gasteiger partial charge in [0.25, 0.3) is 5.91 Å². The molecular weight excluding hydrogens is 360 g/mol. The number of hydrogen-bond donors (Lipinski definition) is 0. The lowest BCUT2D eigenvalue weighted by atomic mass is 9.90. The summed E-state index contributed by atoms with van der Waals surface area (Å²) in [6.45, 7) is 1.91. The number of hydrogen-bond acceptors (Lipinski definition) is 4. The van der Waals surface area contributed by atoms with Crippen molar-refractivity contribution in [3.05, 3.63) is 84.3 Å². The number of nitrogens with zero attached hydrogens (tertiary/aromatic N) is 4. The van der Waals surface area contributed by atoms with Crippen LogP contribution in [0.1, 0.15) is 28.9 Å². The summed E-state index contributed by atoms with van der Waals surface area (Å²) in [5.41, 5.74) is 2.68. The summed E-state index contributed by atoms with van der Waals surface area (Å²) in [5.74, 6) is 1.41. The van der Waals surface area contributed by atoms with Crippen molar-refractivity contribution >= 4 is 17.4 Å². The van der Waals surface area contributed by atoms with Gasteiger partial charge in [-0.25, -0.2) is 9.97 Å². The molecule has 0 bridgehead atoms. The molecule has 1 aromatic heterocycles. The smallest absolute Gasteiger partial charge is 0.276 e. The van der Waals surface area contributed by atoms with E-state index in [1.807, 2.05) is 36.4 Å². The Kier molecular flexibility index (Phi) is 5.84. The SMILES string of the molecule is CN(C(=O)c1cc(N2CCC(Cc3ccccc3)CC2)ncn1)c1ccccc1. The maximum Gasteiger partial charge on any atom is 0.276 e. The van der Waals surface area contributed by atoms with Crippen LogP contribution in [0.15, 0.2) is 73.1 Å². The fraction of sp³-hybridized carbons (Fsp3) is 0.292. The second kappa shape index (κ2) is 8.86. The Morgan fingerprint density at radius 3 is 2.34 bits per heavy atom. The molecule has 5 heteroatoms. The first-order valence-electron chi connectivity index (χ1n) is 10.1. The minimum absolute atomic E-state index is 0.126. The molecule has 2 aromatic carbocycles. The lowest BCUT2D eigenvalue weighted by Crippen LogP contribution is -2.35. The average Bonchev–Trinajstić information content (AvgIpc) is 2.80. The van der Waals surface area contributed by atoms with Crippen LogP contribution in [0.5, 0.6) is 0 Å². The molecule has 3 aromatic rings. The molecule has 1 aliphatic heterocycles. The van der Waals surface area contributed by atoms with E-state index in [0.29, 0.717) is 11.6 Å². The van der Waals surface area contributed by atoms with Gasteiger partial charge in [0.2, 0.25) is 0 Å². The number of amides is 1. The molecule has 1 fully saturated rings. The van der Waals surface area contributed by atoms with Crippen molar-refractivity contribution in [2.45, 2.75) is 19.3 Å². The first kappa shape index (κ1) is 19.1. The highest BCUT2D eigenvalue weighted by Crippen LogP contribution is 2.25. The van der Waals surface area contributed by atoms with Gasteiger partial charge >= 0.3 is 0 Å². The quantitative estimate of drug-likeness (QED) is 0.659. The summed E-state index contributed by atoms with van der Waals surface area (Å²) in [6, 6.07) is 22.1. The predicted molar refractivity (Wildman–Crippen MR) is 116 cm³/mol. The van der Waals surface area contributed by atoms with Gasteiger partial charge in [0, 0.05) is 31.9 Å². The molecule has 0 atom stereocenters. The van der Waals surface area contributed by atoms with Crippen LogP contribution in [0.25, 0.3) is 0 Å². The van der Waals surface area contributed by atoms with E-state index in [0.717, 1.165) is 43.9 Å². The molecule has 148 valence electrons. The van der Waals surface area contributed by atoms with Gasteiger partial charge in [0.1, 0.15) is 17.8 Å². The summed E-state index contributed by atoms with van der Waals surface area (Å²) < 4.78 is 0. The van der Waals surface area contributed by atoms with Crippen molar-refractivity contribution in [3.63, 3.8) is 0 Å². The molecule has 2 heterocycles. The Morgan fingerprint density at radius 1 is 1.00 bits per heavy atom. The van der Waals surface area contributed by atoms with Crippen LogP contribution in [-0.4, -0.2) is 36.0 Å². The van der Waals surface area contributed by atoms with Crippen molar-refractivity contribution in [2.24, 2.45) is 5.92 Å². The number of piperidine rings is 1. The van der Waals surface area contributed by atoms with Crippen LogP contribution >= 0.6 is 0 Å². The summed E-state index contributed by atoms with van der Waals surface area (Å²) in [5, 5.41) is 0. The van der Waals surface area contributed by atoms with Gasteiger partial charge < -0.3 is 9.80 Å². The summed E-state index contributed by atoms with van der Waals surface area (Å²) in [7, 11) is 1.77. The minimum Gasteiger partial charge on any atom is -0.356 e. The van der Waals surface area contributed by atoms with Crippen molar-refractivity contribution < 1.29 is 4.79 Å². The Bertz CT molecular complexity index is 937. The normalized spacial score (nSPS) is 14.6. The maximum atomic E-state index is 12.9. The number of rotatable bonds is 5. The van der Waals surface area contributed by atoms with E-state index in [9.17, 15) is 4.79 Å². The third kappa shape index (κ3) is 4.62. The van der Waals surface area contributed by atoms with Crippen molar-refractivity contribution in [1.82, 2.24) is 9.97 Å². The molecule has 0 aliphatic carbocycles. The third-order valence-corrected chi connectivity index (χ3v) is 5.63. The molecule has 0 spiro atoms. The molecule has 0 radical (unpaired) electrons. The second-order valence-electron chi connectivity index (χ2n) is 7.58. The van der Waals surface area contributed by atoms with Crippen LogP contribution in [-0.2, 0) is 6.42 Å². The number of benzene rings is 2. The Balaban J connectivity index is 1.40. The molecule has 0 N–H and O–H groups in total. The first-order chi connectivity index (χ1) is 14.2. The van der Waals surface area contributed by atoms with E-state index >= 15 is 0 Å². The van der Waals surface area contributed by atoms with E-state index in [2.05, 4.69) is 45.2 Å². The van der Waals surface area contributed by atoms with Crippen LogP contribution in [0.3, 0.4) is 0 Å². The van der Waals surface area contributed by atoms with Gasteiger partial charge in [-0.2, -0.15) is 0 Å². The fourth-order valence-electron chi connectivity index (χ4n) is 3.89. The van der Waals surface area contributed by atoms with Gasteiger partial charge in [-0.1, -0.05) is 48.5 Å². The summed E-state index contributed by atoms with van der Waals surface area (Å²) >= 11 is 0. The van der Waals surface area contributed by atoms with Crippen molar-refractivity contribution in [2.75, 3.05) is 29.9 Å². The van der Waals surface area contributed by atoms with Gasteiger partial charge in [0.05, 0.1) is 0 Å². The summed E-state index contributed by atoms with van der Waals surface area (Å²) in [4.78, 5) is 25.4. The van der Waals surface area contributed by atoms with E-state index in [1.165, 1.54) is 11.9 Å². The fourth-order valence-corrected chi connectivity index (χ4v) is 3.89. The van der Waals surface area contributed by atoms with Crippen LogP contribution in [0.4, 0.5) is 11.5 Å². The molecule has 0 unspecified atom stereocenters. The standard InChI is InChI=1S/C24H26N4O/c1-27(21-10-6-3-7-11-21)24(29)22-17-23(26-18-25-22)28-14-12-20(13-15-28)16-19-8-4-2-5-9-19/h2-11,17-18,20H,12-16H2,1H3. The molecular formula is C24H26N4O. The van der Waals surface area contributed by atoms with Gasteiger partial charge in [-0.05, 0) is 42.9 Å². The Morgan fingerprint density at radius 2 is 1.66 bits per heavy atom. The molecule has 1 amide bonds. The molecule has 5 nitrogen and oxygen atoms in total. The summed E-state index contributed by atoms with van der Waals surface area (Å²) in [6.07, 6.45) is 4.89. The van der Waals surface area contributed by atoms with Gasteiger partial charge in [0.15, 0.2) is 0 Å². The number of carbonyl (C=O) groups is 1. The number of para-hydroxylation sites is 1. The number of carbonyl (C=O) groups excluding carboxylic acids is 1. The topological polar surface area (TPSA) is 49.3 Å². The minimum atomic E-state index is -0.126. The predicted octanol–water partition coefficient (Wildman–Crippen LogP) is 4.21. The highest BCUT2D eigenvalue weighted by atomic mass is 16.2. The first-order valence-corrected chi connectivity index (χ1v) is 10.1. The lowest BCUT2D eigenvalue weighted by Gasteiger charge is -2.33. The van der Waals surface area contributed by atoms with Crippen molar-refractivity contribution in [3.8, 4) is 0 Å². The average molecular weight is 386 g/mol. The van der Waals surface area contributed by atoms with Gasteiger partial charge in [-0.15, -0.1) is 0 Å². The molecule has 1 aliphatic rings. The Labute approximate surface area is 172 Å². The third-order valence-electron chi connectivity index (χ3n) is 5.63. The molecule has 0 saturated carbocycles. The lowest BCUT2D eigenvalue weighted by molar-refractivity contribution is 0.0988. The van der Waals surface area contributed by atoms with E-state index in [-0.39, 0.29) is 5.91 Å². The largest absolute Gasteiger partial charge is 0.356 e.